The summed E-state index contributed by atoms with van der Waals surface area (Å²) in [5.41, 5.74) is 3.31. The van der Waals surface area contributed by atoms with Crippen molar-refractivity contribution in [2.24, 2.45) is 5.92 Å². The molecule has 1 saturated heterocycles. The zero-order chi connectivity index (χ0) is 13.7. The Labute approximate surface area is 116 Å². The molecule has 0 aromatic heterocycles. The van der Waals surface area contributed by atoms with Gasteiger partial charge in [-0.1, -0.05) is 19.8 Å². The lowest BCUT2D eigenvalue weighted by molar-refractivity contribution is 0.112. The van der Waals surface area contributed by atoms with Gasteiger partial charge in [-0.2, -0.15) is 0 Å². The predicted molar refractivity (Wildman–Crippen MR) is 81.0 cm³/mol. The van der Waals surface area contributed by atoms with Crippen LogP contribution < -0.4 is 4.90 Å². The molecular formula is C17H25NO. The Balaban J connectivity index is 2.07. The number of rotatable bonds is 4. The van der Waals surface area contributed by atoms with Gasteiger partial charge in [-0.3, -0.25) is 4.79 Å². The maximum atomic E-state index is 10.8. The average Bonchev–Trinajstić information content (AvgIpc) is 2.65. The number of hydrogen-bond acceptors (Lipinski definition) is 2. The number of carbonyl (C=O) groups is 1. The molecule has 0 N–H and O–H groups in total. The maximum Gasteiger partial charge on any atom is 0.150 e. The molecule has 1 aliphatic rings. The van der Waals surface area contributed by atoms with Gasteiger partial charge >= 0.3 is 0 Å². The Bertz CT molecular complexity index is 427. The quantitative estimate of drug-likeness (QED) is 0.755. The van der Waals surface area contributed by atoms with Gasteiger partial charge in [0.1, 0.15) is 6.29 Å². The van der Waals surface area contributed by atoms with Crippen LogP contribution in [0.3, 0.4) is 0 Å². The van der Waals surface area contributed by atoms with E-state index >= 15 is 0 Å². The Morgan fingerprint density at radius 1 is 1.32 bits per heavy atom. The zero-order valence-corrected chi connectivity index (χ0v) is 12.2. The number of carbonyl (C=O) groups excluding carboxylic acids is 1. The van der Waals surface area contributed by atoms with Crippen LogP contribution in [-0.4, -0.2) is 19.4 Å². The number of aldehydes is 1. The van der Waals surface area contributed by atoms with E-state index in [1.165, 1.54) is 43.4 Å². The second-order valence-electron chi connectivity index (χ2n) is 5.74. The number of anilines is 1. The van der Waals surface area contributed by atoms with E-state index in [1.807, 2.05) is 12.1 Å². The van der Waals surface area contributed by atoms with Crippen LogP contribution in [0.25, 0.3) is 0 Å². The van der Waals surface area contributed by atoms with E-state index in [2.05, 4.69) is 24.8 Å². The minimum Gasteiger partial charge on any atom is -0.371 e. The van der Waals surface area contributed by atoms with Crippen LogP contribution >= 0.6 is 0 Å². The second-order valence-corrected chi connectivity index (χ2v) is 5.74. The molecule has 0 amide bonds. The normalized spacial score (nSPS) is 20.1. The van der Waals surface area contributed by atoms with E-state index in [-0.39, 0.29) is 0 Å². The van der Waals surface area contributed by atoms with E-state index in [0.29, 0.717) is 0 Å². The topological polar surface area (TPSA) is 20.3 Å². The molecule has 1 atom stereocenters. The Morgan fingerprint density at radius 2 is 2.16 bits per heavy atom. The van der Waals surface area contributed by atoms with Crippen LogP contribution in [0.2, 0.25) is 0 Å². The maximum absolute atomic E-state index is 10.8. The summed E-state index contributed by atoms with van der Waals surface area (Å²) < 4.78 is 0. The van der Waals surface area contributed by atoms with Crippen LogP contribution in [0.15, 0.2) is 18.2 Å². The van der Waals surface area contributed by atoms with Crippen LogP contribution in [0.5, 0.6) is 0 Å². The molecule has 104 valence electrons. The molecule has 0 aliphatic carbocycles. The van der Waals surface area contributed by atoms with Crippen molar-refractivity contribution in [2.45, 2.75) is 46.0 Å². The molecule has 19 heavy (non-hydrogen) atoms. The number of nitrogens with zero attached hydrogens (tertiary/aromatic N) is 1. The standard InChI is InChI=1S/C17H25NO/c1-3-5-15-6-4-10-18(11-9-15)17-8-7-16(13-19)12-14(17)2/h7-8,12-13,15H,3-6,9-11H2,1-2H3. The highest BCUT2D eigenvalue weighted by atomic mass is 16.1. The van der Waals surface area contributed by atoms with Crippen LogP contribution in [0, 0.1) is 12.8 Å². The average molecular weight is 259 g/mol. The molecule has 2 rings (SSSR count). The fraction of sp³-hybridized carbons (Fsp3) is 0.588. The molecule has 1 aromatic rings. The monoisotopic (exact) mass is 259 g/mol. The minimum absolute atomic E-state index is 0.778. The molecule has 1 aliphatic heterocycles. The van der Waals surface area contributed by atoms with E-state index in [1.54, 1.807) is 0 Å². The summed E-state index contributed by atoms with van der Waals surface area (Å²) >= 11 is 0. The van der Waals surface area contributed by atoms with E-state index in [0.717, 1.165) is 30.9 Å². The van der Waals surface area contributed by atoms with Crippen LogP contribution in [0.1, 0.15) is 54.9 Å². The lowest BCUT2D eigenvalue weighted by atomic mass is 9.96. The summed E-state index contributed by atoms with van der Waals surface area (Å²) in [6.07, 6.45) is 7.57. The third-order valence-corrected chi connectivity index (χ3v) is 4.24. The highest BCUT2D eigenvalue weighted by molar-refractivity contribution is 5.77. The van der Waals surface area contributed by atoms with Gasteiger partial charge in [0, 0.05) is 24.3 Å². The molecule has 1 unspecified atom stereocenters. The van der Waals surface area contributed by atoms with Gasteiger partial charge in [-0.25, -0.2) is 0 Å². The lowest BCUT2D eigenvalue weighted by Gasteiger charge is -2.25. The highest BCUT2D eigenvalue weighted by Crippen LogP contribution is 2.27. The van der Waals surface area contributed by atoms with Crippen molar-refractivity contribution >= 4 is 12.0 Å². The summed E-state index contributed by atoms with van der Waals surface area (Å²) in [6, 6.07) is 6.04. The number of benzene rings is 1. The van der Waals surface area contributed by atoms with Gasteiger partial charge in [0.2, 0.25) is 0 Å². The van der Waals surface area contributed by atoms with Crippen LogP contribution in [0.4, 0.5) is 5.69 Å². The fourth-order valence-corrected chi connectivity index (χ4v) is 3.21. The third-order valence-electron chi connectivity index (χ3n) is 4.24. The first-order valence-electron chi connectivity index (χ1n) is 7.55. The first-order valence-corrected chi connectivity index (χ1v) is 7.55. The van der Waals surface area contributed by atoms with E-state index in [4.69, 9.17) is 0 Å². The third kappa shape index (κ3) is 3.59. The zero-order valence-electron chi connectivity index (χ0n) is 12.2. The SMILES string of the molecule is CCCC1CCCN(c2ccc(C=O)cc2C)CC1. The number of hydrogen-bond donors (Lipinski definition) is 0. The van der Waals surface area contributed by atoms with Crippen molar-refractivity contribution in [3.63, 3.8) is 0 Å². The van der Waals surface area contributed by atoms with Gasteiger partial charge in [0.25, 0.3) is 0 Å². The summed E-state index contributed by atoms with van der Waals surface area (Å²) in [7, 11) is 0. The highest BCUT2D eigenvalue weighted by Gasteiger charge is 2.17. The molecule has 0 bridgehead atoms. The summed E-state index contributed by atoms with van der Waals surface area (Å²) in [4.78, 5) is 13.3. The largest absolute Gasteiger partial charge is 0.371 e. The van der Waals surface area contributed by atoms with Gasteiger partial charge < -0.3 is 4.90 Å². The Morgan fingerprint density at radius 3 is 2.84 bits per heavy atom. The van der Waals surface area contributed by atoms with Crippen molar-refractivity contribution in [3.8, 4) is 0 Å². The van der Waals surface area contributed by atoms with Gasteiger partial charge in [0.15, 0.2) is 0 Å². The minimum atomic E-state index is 0.778. The second kappa shape index (κ2) is 6.74. The fourth-order valence-electron chi connectivity index (χ4n) is 3.21. The smallest absolute Gasteiger partial charge is 0.150 e. The molecule has 0 spiro atoms. The predicted octanol–water partition coefficient (Wildman–Crippen LogP) is 4.21. The molecule has 0 saturated carbocycles. The summed E-state index contributed by atoms with van der Waals surface area (Å²) in [5.74, 6) is 0.907. The summed E-state index contributed by atoms with van der Waals surface area (Å²) in [5, 5.41) is 0. The molecule has 2 nitrogen and oxygen atoms in total. The van der Waals surface area contributed by atoms with Gasteiger partial charge in [-0.05, 0) is 55.9 Å². The van der Waals surface area contributed by atoms with Crippen molar-refractivity contribution in [1.82, 2.24) is 0 Å². The molecule has 0 radical (unpaired) electrons. The first-order chi connectivity index (χ1) is 9.24. The van der Waals surface area contributed by atoms with Crippen molar-refractivity contribution in [1.29, 1.82) is 0 Å². The summed E-state index contributed by atoms with van der Waals surface area (Å²) in [6.45, 7) is 6.70. The molecule has 1 aromatic carbocycles. The molecule has 2 heteroatoms. The van der Waals surface area contributed by atoms with E-state index < -0.39 is 0 Å². The molecular weight excluding hydrogens is 234 g/mol. The lowest BCUT2D eigenvalue weighted by Crippen LogP contribution is -2.25. The van der Waals surface area contributed by atoms with Crippen molar-refractivity contribution in [2.75, 3.05) is 18.0 Å². The van der Waals surface area contributed by atoms with Crippen molar-refractivity contribution < 1.29 is 4.79 Å². The van der Waals surface area contributed by atoms with E-state index in [9.17, 15) is 4.79 Å². The molecule has 1 heterocycles. The van der Waals surface area contributed by atoms with Crippen LogP contribution in [-0.2, 0) is 0 Å². The Hall–Kier alpha value is -1.31. The Kier molecular flexibility index (Phi) is 5.00. The molecule has 1 fully saturated rings. The number of aryl methyl sites for hydroxylation is 1. The first kappa shape index (κ1) is 14.1. The van der Waals surface area contributed by atoms with Crippen molar-refractivity contribution in [3.05, 3.63) is 29.3 Å². The van der Waals surface area contributed by atoms with Gasteiger partial charge in [0.05, 0.1) is 0 Å². The van der Waals surface area contributed by atoms with Gasteiger partial charge in [-0.15, -0.1) is 0 Å².